The first kappa shape index (κ1) is 14.2. The third-order valence-corrected chi connectivity index (χ3v) is 4.33. The fourth-order valence-electron chi connectivity index (χ4n) is 2.84. The Bertz CT molecular complexity index is 662. The summed E-state index contributed by atoms with van der Waals surface area (Å²) in [6, 6.07) is 8.56. The van der Waals surface area contributed by atoms with Gasteiger partial charge in [0, 0.05) is 17.6 Å². The number of fused-ring (bicyclic) bond motifs is 1. The van der Waals surface area contributed by atoms with Gasteiger partial charge in [-0.25, -0.2) is 0 Å². The molecule has 0 spiro atoms. The summed E-state index contributed by atoms with van der Waals surface area (Å²) < 4.78 is 0. The van der Waals surface area contributed by atoms with E-state index in [4.69, 9.17) is 18.0 Å². The van der Waals surface area contributed by atoms with Gasteiger partial charge < -0.3 is 16.0 Å². The third kappa shape index (κ3) is 2.99. The fourth-order valence-corrected chi connectivity index (χ4v) is 3.00. The molecule has 2 heterocycles. The number of anilines is 1. The highest BCUT2D eigenvalue weighted by atomic mass is 32.1. The monoisotopic (exact) mass is 300 g/mol. The molecule has 2 aromatic rings. The Balaban J connectivity index is 1.98. The van der Waals surface area contributed by atoms with Crippen molar-refractivity contribution in [1.29, 1.82) is 0 Å². The highest BCUT2D eigenvalue weighted by Crippen LogP contribution is 2.28. The maximum absolute atomic E-state index is 5.88. The SMILES string of the molecule is CN1CCC(Nc2c(C(N)=S)cnc3ccccc23)CC1. The molecule has 3 rings (SSSR count). The van der Waals surface area contributed by atoms with Crippen molar-refractivity contribution in [3.8, 4) is 0 Å². The van der Waals surface area contributed by atoms with Gasteiger partial charge in [-0.3, -0.25) is 4.98 Å². The minimum atomic E-state index is 0.392. The molecule has 0 unspecified atom stereocenters. The maximum atomic E-state index is 5.88. The summed E-state index contributed by atoms with van der Waals surface area (Å²) in [5.74, 6) is 0. The molecule has 1 aromatic carbocycles. The summed E-state index contributed by atoms with van der Waals surface area (Å²) >= 11 is 5.19. The van der Waals surface area contributed by atoms with Gasteiger partial charge in [0.1, 0.15) is 4.99 Å². The van der Waals surface area contributed by atoms with Crippen LogP contribution in [0.5, 0.6) is 0 Å². The predicted molar refractivity (Wildman–Crippen MR) is 91.8 cm³/mol. The molecular weight excluding hydrogens is 280 g/mol. The quantitative estimate of drug-likeness (QED) is 0.852. The van der Waals surface area contributed by atoms with E-state index in [1.807, 2.05) is 18.2 Å². The van der Waals surface area contributed by atoms with Crippen LogP contribution in [0.4, 0.5) is 5.69 Å². The molecule has 5 heteroatoms. The molecule has 0 bridgehead atoms. The minimum absolute atomic E-state index is 0.392. The Labute approximate surface area is 130 Å². The molecule has 1 aliphatic heterocycles. The highest BCUT2D eigenvalue weighted by molar-refractivity contribution is 7.80. The first-order chi connectivity index (χ1) is 10.1. The zero-order valence-electron chi connectivity index (χ0n) is 12.2. The Hall–Kier alpha value is -1.72. The van der Waals surface area contributed by atoms with Crippen LogP contribution in [0.25, 0.3) is 10.9 Å². The largest absolute Gasteiger partial charge is 0.389 e. The third-order valence-electron chi connectivity index (χ3n) is 4.11. The number of hydrogen-bond donors (Lipinski definition) is 2. The van der Waals surface area contributed by atoms with Gasteiger partial charge >= 0.3 is 0 Å². The van der Waals surface area contributed by atoms with Gasteiger partial charge in [0.15, 0.2) is 0 Å². The zero-order valence-corrected chi connectivity index (χ0v) is 13.0. The number of thiocarbonyl (C=S) groups is 1. The van der Waals surface area contributed by atoms with Crippen LogP contribution in [0.1, 0.15) is 18.4 Å². The molecule has 4 nitrogen and oxygen atoms in total. The van der Waals surface area contributed by atoms with Gasteiger partial charge in [-0.1, -0.05) is 30.4 Å². The smallest absolute Gasteiger partial charge is 0.107 e. The van der Waals surface area contributed by atoms with Gasteiger partial charge in [0.2, 0.25) is 0 Å². The molecule has 0 saturated carbocycles. The Morgan fingerprint density at radius 3 is 2.76 bits per heavy atom. The second-order valence-electron chi connectivity index (χ2n) is 5.65. The predicted octanol–water partition coefficient (Wildman–Crippen LogP) is 2.38. The number of aromatic nitrogens is 1. The summed E-state index contributed by atoms with van der Waals surface area (Å²) in [6.07, 6.45) is 4.04. The number of benzene rings is 1. The molecule has 0 radical (unpaired) electrons. The standard InChI is InChI=1S/C16H20N4S/c1-20-8-6-11(7-9-20)19-15-12-4-2-3-5-14(12)18-10-13(15)16(17)21/h2-5,10-11H,6-9H2,1H3,(H2,17,21)(H,18,19). The van der Waals surface area contributed by atoms with Crippen molar-refractivity contribution >= 4 is 33.8 Å². The number of pyridine rings is 1. The lowest BCUT2D eigenvalue weighted by molar-refractivity contribution is 0.264. The van der Waals surface area contributed by atoms with Crippen LogP contribution < -0.4 is 11.1 Å². The zero-order chi connectivity index (χ0) is 14.8. The van der Waals surface area contributed by atoms with Crippen LogP contribution in [-0.4, -0.2) is 41.1 Å². The number of piperidine rings is 1. The minimum Gasteiger partial charge on any atom is -0.389 e. The van der Waals surface area contributed by atoms with Crippen LogP contribution in [0.2, 0.25) is 0 Å². The number of nitrogens with zero attached hydrogens (tertiary/aromatic N) is 2. The molecule has 1 aromatic heterocycles. The normalized spacial score (nSPS) is 17.0. The van der Waals surface area contributed by atoms with Gasteiger partial charge in [0.05, 0.1) is 16.8 Å². The van der Waals surface area contributed by atoms with E-state index < -0.39 is 0 Å². The molecule has 1 aliphatic rings. The number of likely N-dealkylation sites (tertiary alicyclic amines) is 1. The number of nitrogens with one attached hydrogen (secondary N) is 1. The molecular formula is C16H20N4S. The van der Waals surface area contributed by atoms with E-state index in [-0.39, 0.29) is 0 Å². The number of hydrogen-bond acceptors (Lipinski definition) is 4. The fraction of sp³-hybridized carbons (Fsp3) is 0.375. The van der Waals surface area contributed by atoms with Crippen molar-refractivity contribution in [2.75, 3.05) is 25.5 Å². The summed E-state index contributed by atoms with van der Waals surface area (Å²) in [5, 5.41) is 4.75. The number of nitrogens with two attached hydrogens (primary N) is 1. The van der Waals surface area contributed by atoms with E-state index in [1.54, 1.807) is 6.20 Å². The first-order valence-electron chi connectivity index (χ1n) is 7.28. The molecule has 110 valence electrons. The van der Waals surface area contributed by atoms with Gasteiger partial charge in [0.25, 0.3) is 0 Å². The lowest BCUT2D eigenvalue weighted by Gasteiger charge is -2.31. The van der Waals surface area contributed by atoms with E-state index >= 15 is 0 Å². The Morgan fingerprint density at radius 2 is 2.05 bits per heavy atom. The highest BCUT2D eigenvalue weighted by Gasteiger charge is 2.19. The van der Waals surface area contributed by atoms with Crippen molar-refractivity contribution < 1.29 is 0 Å². The van der Waals surface area contributed by atoms with Gasteiger partial charge in [-0.05, 0) is 39.0 Å². The average Bonchev–Trinajstić information content (AvgIpc) is 2.49. The van der Waals surface area contributed by atoms with Crippen LogP contribution in [0, 0.1) is 0 Å². The first-order valence-corrected chi connectivity index (χ1v) is 7.68. The lowest BCUT2D eigenvalue weighted by atomic mass is 10.0. The van der Waals surface area contributed by atoms with E-state index in [2.05, 4.69) is 28.3 Å². The second-order valence-corrected chi connectivity index (χ2v) is 6.09. The van der Waals surface area contributed by atoms with Gasteiger partial charge in [-0.2, -0.15) is 0 Å². The molecule has 3 N–H and O–H groups in total. The number of rotatable bonds is 3. The summed E-state index contributed by atoms with van der Waals surface area (Å²) in [5.41, 5.74) is 8.71. The molecule has 21 heavy (non-hydrogen) atoms. The van der Waals surface area contributed by atoms with Crippen molar-refractivity contribution in [3.05, 3.63) is 36.0 Å². The van der Waals surface area contributed by atoms with Crippen molar-refractivity contribution in [2.24, 2.45) is 5.73 Å². The van der Waals surface area contributed by atoms with Crippen molar-refractivity contribution in [3.63, 3.8) is 0 Å². The van der Waals surface area contributed by atoms with Crippen LogP contribution in [0.15, 0.2) is 30.5 Å². The topological polar surface area (TPSA) is 54.2 Å². The molecule has 0 aliphatic carbocycles. The van der Waals surface area contributed by atoms with Crippen LogP contribution >= 0.6 is 12.2 Å². The van der Waals surface area contributed by atoms with Crippen molar-refractivity contribution in [2.45, 2.75) is 18.9 Å². The molecule has 0 atom stereocenters. The van der Waals surface area contributed by atoms with E-state index in [1.165, 1.54) is 0 Å². The maximum Gasteiger partial charge on any atom is 0.107 e. The van der Waals surface area contributed by atoms with E-state index in [0.717, 1.165) is 48.1 Å². The average molecular weight is 300 g/mol. The second kappa shape index (κ2) is 5.95. The summed E-state index contributed by atoms with van der Waals surface area (Å²) in [6.45, 7) is 2.23. The van der Waals surface area contributed by atoms with Gasteiger partial charge in [-0.15, -0.1) is 0 Å². The summed E-state index contributed by atoms with van der Waals surface area (Å²) in [4.78, 5) is 7.20. The molecule has 1 fully saturated rings. The Morgan fingerprint density at radius 1 is 1.33 bits per heavy atom. The Kier molecular flexibility index (Phi) is 4.03. The lowest BCUT2D eigenvalue weighted by Crippen LogP contribution is -2.37. The van der Waals surface area contributed by atoms with E-state index in [9.17, 15) is 0 Å². The van der Waals surface area contributed by atoms with Crippen LogP contribution in [-0.2, 0) is 0 Å². The van der Waals surface area contributed by atoms with E-state index in [0.29, 0.717) is 11.0 Å². The number of para-hydroxylation sites is 1. The molecule has 0 amide bonds. The van der Waals surface area contributed by atoms with Crippen molar-refractivity contribution in [1.82, 2.24) is 9.88 Å². The molecule has 1 saturated heterocycles. The van der Waals surface area contributed by atoms with Crippen LogP contribution in [0.3, 0.4) is 0 Å². The summed E-state index contributed by atoms with van der Waals surface area (Å²) in [7, 11) is 2.17.